The van der Waals surface area contributed by atoms with Gasteiger partial charge in [-0.2, -0.15) is 0 Å². The zero-order valence-corrected chi connectivity index (χ0v) is 13.2. The second kappa shape index (κ2) is 10.6. The van der Waals surface area contributed by atoms with Gasteiger partial charge in [0.15, 0.2) is 0 Å². The number of nitrogens with one attached hydrogen (secondary N) is 2. The van der Waals surface area contributed by atoms with Crippen LogP contribution >= 0.6 is 0 Å². The number of carbonyl (C=O) groups is 2. The van der Waals surface area contributed by atoms with Gasteiger partial charge in [-0.05, 0) is 44.5 Å². The van der Waals surface area contributed by atoms with E-state index >= 15 is 0 Å². The summed E-state index contributed by atoms with van der Waals surface area (Å²) >= 11 is 0. The highest BCUT2D eigenvalue weighted by Gasteiger charge is 2.07. The predicted octanol–water partition coefficient (Wildman–Crippen LogP) is 1.36. The first-order valence-electron chi connectivity index (χ1n) is 7.52. The maximum atomic E-state index is 11.9. The number of hydrogen-bond acceptors (Lipinski definition) is 4. The minimum atomic E-state index is -0.285. The molecule has 0 atom stereocenters. The van der Waals surface area contributed by atoms with E-state index in [0.29, 0.717) is 37.7 Å². The Morgan fingerprint density at radius 1 is 1.05 bits per heavy atom. The van der Waals surface area contributed by atoms with Crippen LogP contribution in [0.1, 0.15) is 30.6 Å². The average molecular weight is 308 g/mol. The van der Waals surface area contributed by atoms with Gasteiger partial charge >= 0.3 is 0 Å². The largest absolute Gasteiger partial charge is 0.494 e. The molecule has 0 saturated heterocycles. The van der Waals surface area contributed by atoms with Crippen molar-refractivity contribution < 1.29 is 19.1 Å². The molecule has 122 valence electrons. The van der Waals surface area contributed by atoms with Crippen LogP contribution in [0.15, 0.2) is 24.3 Å². The molecule has 1 aromatic carbocycles. The summed E-state index contributed by atoms with van der Waals surface area (Å²) in [6, 6.07) is 6.79. The molecule has 1 aromatic rings. The molecule has 22 heavy (non-hydrogen) atoms. The summed E-state index contributed by atoms with van der Waals surface area (Å²) in [6.07, 6.45) is 0.756. The Hall–Kier alpha value is -2.08. The molecular formula is C16H24N2O4. The molecule has 0 saturated carbocycles. The van der Waals surface area contributed by atoms with Crippen LogP contribution in [0.4, 0.5) is 0 Å². The van der Waals surface area contributed by atoms with Gasteiger partial charge in [0.2, 0.25) is 5.91 Å². The Balaban J connectivity index is 2.25. The summed E-state index contributed by atoms with van der Waals surface area (Å²) in [5, 5.41) is 5.30. The molecule has 0 aliphatic carbocycles. The first kappa shape index (κ1) is 18.0. The van der Waals surface area contributed by atoms with E-state index in [1.165, 1.54) is 0 Å². The van der Waals surface area contributed by atoms with Crippen LogP contribution in [0.25, 0.3) is 0 Å². The third-order valence-electron chi connectivity index (χ3n) is 2.83. The highest BCUT2D eigenvalue weighted by atomic mass is 16.5. The molecule has 6 nitrogen and oxygen atoms in total. The van der Waals surface area contributed by atoms with E-state index in [1.54, 1.807) is 24.3 Å². The van der Waals surface area contributed by atoms with E-state index < -0.39 is 0 Å². The lowest BCUT2D eigenvalue weighted by Gasteiger charge is -2.08. The average Bonchev–Trinajstić information content (AvgIpc) is 2.53. The van der Waals surface area contributed by atoms with Gasteiger partial charge in [0.1, 0.15) is 5.75 Å². The fourth-order valence-electron chi connectivity index (χ4n) is 1.74. The third-order valence-corrected chi connectivity index (χ3v) is 2.83. The van der Waals surface area contributed by atoms with E-state index in [1.807, 2.05) is 13.8 Å². The molecule has 0 aliphatic rings. The number of ether oxygens (including phenoxy) is 2. The maximum absolute atomic E-state index is 11.9. The lowest BCUT2D eigenvalue weighted by atomic mass is 10.2. The molecule has 0 radical (unpaired) electrons. The summed E-state index contributed by atoms with van der Waals surface area (Å²) in [5.74, 6) is 0.217. The topological polar surface area (TPSA) is 76.7 Å². The lowest BCUT2D eigenvalue weighted by Crippen LogP contribution is -2.37. The lowest BCUT2D eigenvalue weighted by molar-refractivity contribution is -0.120. The molecule has 0 aromatic heterocycles. The maximum Gasteiger partial charge on any atom is 0.251 e. The minimum absolute atomic E-state index is 0.0410. The summed E-state index contributed by atoms with van der Waals surface area (Å²) in [7, 11) is 0. The van der Waals surface area contributed by atoms with Crippen molar-refractivity contribution in [2.24, 2.45) is 0 Å². The molecule has 0 heterocycles. The molecule has 2 amide bonds. The van der Waals surface area contributed by atoms with Crippen molar-refractivity contribution in [2.45, 2.75) is 20.3 Å². The Labute approximate surface area is 131 Å². The van der Waals surface area contributed by atoms with Crippen LogP contribution in [0, 0.1) is 0 Å². The molecule has 6 heteroatoms. The minimum Gasteiger partial charge on any atom is -0.494 e. The number of benzene rings is 1. The van der Waals surface area contributed by atoms with Crippen LogP contribution in [-0.2, 0) is 9.53 Å². The van der Waals surface area contributed by atoms with E-state index in [2.05, 4.69) is 10.6 Å². The van der Waals surface area contributed by atoms with Crippen molar-refractivity contribution >= 4 is 11.8 Å². The fraction of sp³-hybridized carbons (Fsp3) is 0.500. The van der Waals surface area contributed by atoms with Crippen LogP contribution in [0.2, 0.25) is 0 Å². The number of amides is 2. The van der Waals surface area contributed by atoms with Crippen LogP contribution in [0.3, 0.4) is 0 Å². The highest BCUT2D eigenvalue weighted by molar-refractivity contribution is 5.96. The van der Waals surface area contributed by atoms with Crippen LogP contribution in [-0.4, -0.2) is 44.7 Å². The molecular weight excluding hydrogens is 284 g/mol. The summed E-state index contributed by atoms with van der Waals surface area (Å²) < 4.78 is 10.5. The van der Waals surface area contributed by atoms with Crippen molar-refractivity contribution in [2.75, 3.05) is 32.9 Å². The van der Waals surface area contributed by atoms with Gasteiger partial charge in [0.25, 0.3) is 5.91 Å². The van der Waals surface area contributed by atoms with Gasteiger partial charge in [-0.25, -0.2) is 0 Å². The Kier molecular flexibility index (Phi) is 8.67. The first-order valence-corrected chi connectivity index (χ1v) is 7.52. The van der Waals surface area contributed by atoms with Crippen molar-refractivity contribution in [3.05, 3.63) is 29.8 Å². The molecule has 0 fully saturated rings. The van der Waals surface area contributed by atoms with Gasteiger partial charge in [0.05, 0.1) is 13.2 Å². The summed E-state index contributed by atoms with van der Waals surface area (Å²) in [6.45, 7) is 6.19. The third kappa shape index (κ3) is 7.08. The van der Waals surface area contributed by atoms with Crippen molar-refractivity contribution in [3.8, 4) is 5.75 Å². The molecule has 0 aliphatic heterocycles. The number of rotatable bonds is 10. The smallest absolute Gasteiger partial charge is 0.251 e. The van der Waals surface area contributed by atoms with Gasteiger partial charge in [-0.15, -0.1) is 0 Å². The zero-order valence-electron chi connectivity index (χ0n) is 13.2. The van der Waals surface area contributed by atoms with E-state index in [-0.39, 0.29) is 18.4 Å². The number of carbonyl (C=O) groups excluding carboxylic acids is 2. The van der Waals surface area contributed by atoms with Gasteiger partial charge in [-0.1, -0.05) is 0 Å². The standard InChI is InChI=1S/C16H24N2O4/c1-3-21-11-5-10-17-15(19)12-18-16(20)13-6-8-14(9-7-13)22-4-2/h6-9H,3-5,10-12H2,1-2H3,(H,17,19)(H,18,20). The normalized spacial score (nSPS) is 10.1. The van der Waals surface area contributed by atoms with Crippen LogP contribution in [0.5, 0.6) is 5.75 Å². The zero-order chi connectivity index (χ0) is 16.2. The second-order valence-corrected chi connectivity index (χ2v) is 4.54. The first-order chi connectivity index (χ1) is 10.7. The van der Waals surface area contributed by atoms with E-state index in [9.17, 15) is 9.59 Å². The van der Waals surface area contributed by atoms with Crippen molar-refractivity contribution in [1.82, 2.24) is 10.6 Å². The fourth-order valence-corrected chi connectivity index (χ4v) is 1.74. The second-order valence-electron chi connectivity index (χ2n) is 4.54. The Morgan fingerprint density at radius 2 is 1.77 bits per heavy atom. The quantitative estimate of drug-likeness (QED) is 0.640. The van der Waals surface area contributed by atoms with Gasteiger partial charge < -0.3 is 20.1 Å². The Morgan fingerprint density at radius 3 is 2.41 bits per heavy atom. The molecule has 0 bridgehead atoms. The predicted molar refractivity (Wildman–Crippen MR) is 84.1 cm³/mol. The highest BCUT2D eigenvalue weighted by Crippen LogP contribution is 2.11. The van der Waals surface area contributed by atoms with Crippen molar-refractivity contribution in [3.63, 3.8) is 0 Å². The monoisotopic (exact) mass is 308 g/mol. The summed E-state index contributed by atoms with van der Waals surface area (Å²) in [4.78, 5) is 23.4. The van der Waals surface area contributed by atoms with E-state index in [0.717, 1.165) is 6.42 Å². The summed E-state index contributed by atoms with van der Waals surface area (Å²) in [5.41, 5.74) is 0.493. The number of hydrogen-bond donors (Lipinski definition) is 2. The Bertz CT molecular complexity index is 460. The molecule has 0 unspecified atom stereocenters. The van der Waals surface area contributed by atoms with Crippen LogP contribution < -0.4 is 15.4 Å². The molecule has 0 spiro atoms. The van der Waals surface area contributed by atoms with E-state index in [4.69, 9.17) is 9.47 Å². The SMILES string of the molecule is CCOCCCNC(=O)CNC(=O)c1ccc(OCC)cc1. The molecule has 1 rings (SSSR count). The molecule has 2 N–H and O–H groups in total. The van der Waals surface area contributed by atoms with Gasteiger partial charge in [-0.3, -0.25) is 9.59 Å². The van der Waals surface area contributed by atoms with Crippen molar-refractivity contribution in [1.29, 1.82) is 0 Å². The van der Waals surface area contributed by atoms with Gasteiger partial charge in [0, 0.05) is 25.3 Å².